The highest BCUT2D eigenvalue weighted by molar-refractivity contribution is 7.09. The second-order valence-corrected chi connectivity index (χ2v) is 7.55. The molecule has 0 N–H and O–H groups in total. The molecule has 0 spiro atoms. The number of aryl methyl sites for hydroxylation is 1. The Kier molecular flexibility index (Phi) is 6.39. The number of Topliss-reactive ketones (excluding diaryl/α,β-unsaturated/α-hetero) is 1. The Hall–Kier alpha value is -3.06. The summed E-state index contributed by atoms with van der Waals surface area (Å²) < 4.78 is 17.8. The molecular formula is C22H23NO5S. The smallest absolute Gasteiger partial charge is 0.341 e. The van der Waals surface area contributed by atoms with Gasteiger partial charge in [0.25, 0.3) is 0 Å². The number of ether oxygens (including phenoxy) is 3. The molecule has 0 aliphatic rings. The van der Waals surface area contributed by atoms with Crippen molar-refractivity contribution in [2.75, 3.05) is 20.8 Å². The van der Waals surface area contributed by atoms with Crippen LogP contribution in [0.25, 0.3) is 0 Å². The number of esters is 1. The van der Waals surface area contributed by atoms with Gasteiger partial charge in [0, 0.05) is 27.9 Å². The second-order valence-electron chi connectivity index (χ2n) is 6.52. The summed E-state index contributed by atoms with van der Waals surface area (Å²) >= 11 is 1.68. The first kappa shape index (κ1) is 20.7. The Balaban J connectivity index is 1.79. The van der Waals surface area contributed by atoms with Crippen molar-refractivity contribution in [3.63, 3.8) is 0 Å². The van der Waals surface area contributed by atoms with Gasteiger partial charge in [-0.2, -0.15) is 0 Å². The first-order valence-electron chi connectivity index (χ1n) is 9.06. The van der Waals surface area contributed by atoms with Gasteiger partial charge < -0.3 is 18.8 Å². The third-order valence-electron chi connectivity index (χ3n) is 4.72. The van der Waals surface area contributed by atoms with Crippen LogP contribution in [0.5, 0.6) is 11.5 Å². The summed E-state index contributed by atoms with van der Waals surface area (Å²) in [5.41, 5.74) is 2.75. The van der Waals surface area contributed by atoms with E-state index < -0.39 is 5.97 Å². The number of methoxy groups -OCH3 is 2. The summed E-state index contributed by atoms with van der Waals surface area (Å²) in [6.45, 7) is 4.45. The van der Waals surface area contributed by atoms with Gasteiger partial charge in [-0.3, -0.25) is 4.79 Å². The number of carbonyl (C=O) groups excluding carboxylic acids is 2. The molecule has 0 radical (unpaired) electrons. The molecule has 29 heavy (non-hydrogen) atoms. The number of benzene rings is 1. The molecule has 152 valence electrons. The van der Waals surface area contributed by atoms with Crippen LogP contribution >= 0.6 is 11.3 Å². The van der Waals surface area contributed by atoms with Crippen LogP contribution in [0.2, 0.25) is 0 Å². The van der Waals surface area contributed by atoms with Crippen LogP contribution in [0, 0.1) is 13.8 Å². The van der Waals surface area contributed by atoms with Crippen molar-refractivity contribution in [1.82, 2.24) is 4.57 Å². The van der Waals surface area contributed by atoms with E-state index in [1.54, 1.807) is 29.5 Å². The Morgan fingerprint density at radius 1 is 1.07 bits per heavy atom. The zero-order valence-electron chi connectivity index (χ0n) is 16.9. The van der Waals surface area contributed by atoms with Gasteiger partial charge in [0.15, 0.2) is 6.61 Å². The van der Waals surface area contributed by atoms with Gasteiger partial charge in [-0.15, -0.1) is 11.3 Å². The number of ketones is 1. The molecule has 0 bridgehead atoms. The Labute approximate surface area is 173 Å². The summed E-state index contributed by atoms with van der Waals surface area (Å²) in [4.78, 5) is 26.0. The molecule has 0 aliphatic heterocycles. The lowest BCUT2D eigenvalue weighted by molar-refractivity contribution is 0.0594. The molecule has 0 aliphatic carbocycles. The van der Waals surface area contributed by atoms with E-state index >= 15 is 0 Å². The molecule has 0 saturated carbocycles. The highest BCUT2D eigenvalue weighted by atomic mass is 32.1. The Morgan fingerprint density at radius 2 is 1.86 bits per heavy atom. The maximum Gasteiger partial charge on any atom is 0.341 e. The molecule has 2 heterocycles. The lowest BCUT2D eigenvalue weighted by atomic mass is 10.1. The van der Waals surface area contributed by atoms with Gasteiger partial charge in [-0.05, 0) is 43.5 Å². The standard InChI is InChI=1S/C22H23NO5S/c1-14-10-19(15(2)23(14)12-17-6-5-9-29-17)20(24)13-28-21-11-16(26-3)7-8-18(21)22(25)27-4/h5-11H,12-13H2,1-4H3. The van der Waals surface area contributed by atoms with Crippen LogP contribution in [0.15, 0.2) is 41.8 Å². The molecule has 0 fully saturated rings. The summed E-state index contributed by atoms with van der Waals surface area (Å²) in [6.07, 6.45) is 0. The normalized spacial score (nSPS) is 10.6. The topological polar surface area (TPSA) is 66.8 Å². The molecule has 3 rings (SSSR count). The van der Waals surface area contributed by atoms with E-state index in [4.69, 9.17) is 14.2 Å². The predicted octanol–water partition coefficient (Wildman–Crippen LogP) is 4.27. The Bertz CT molecular complexity index is 1020. The molecule has 1 aromatic carbocycles. The van der Waals surface area contributed by atoms with Gasteiger partial charge in [0.2, 0.25) is 5.78 Å². The highest BCUT2D eigenvalue weighted by Gasteiger charge is 2.19. The van der Waals surface area contributed by atoms with Gasteiger partial charge in [-0.1, -0.05) is 6.07 Å². The average molecular weight is 413 g/mol. The minimum Gasteiger partial charge on any atom is -0.497 e. The molecule has 7 heteroatoms. The number of carbonyl (C=O) groups is 2. The van der Waals surface area contributed by atoms with E-state index in [-0.39, 0.29) is 23.7 Å². The van der Waals surface area contributed by atoms with E-state index in [2.05, 4.69) is 10.6 Å². The van der Waals surface area contributed by atoms with Crippen LogP contribution < -0.4 is 9.47 Å². The third-order valence-corrected chi connectivity index (χ3v) is 5.58. The minimum absolute atomic E-state index is 0.158. The average Bonchev–Trinajstić information content (AvgIpc) is 3.35. The fraction of sp³-hybridized carbons (Fsp3) is 0.273. The van der Waals surface area contributed by atoms with E-state index in [0.29, 0.717) is 11.3 Å². The van der Waals surface area contributed by atoms with Crippen LogP contribution in [0.3, 0.4) is 0 Å². The molecule has 6 nitrogen and oxygen atoms in total. The van der Waals surface area contributed by atoms with E-state index in [0.717, 1.165) is 17.9 Å². The zero-order valence-corrected chi connectivity index (χ0v) is 17.7. The largest absolute Gasteiger partial charge is 0.497 e. The predicted molar refractivity (Wildman–Crippen MR) is 111 cm³/mol. The van der Waals surface area contributed by atoms with Crippen molar-refractivity contribution < 1.29 is 23.8 Å². The number of nitrogens with zero attached hydrogens (tertiary/aromatic N) is 1. The van der Waals surface area contributed by atoms with E-state index in [9.17, 15) is 9.59 Å². The minimum atomic E-state index is -0.538. The quantitative estimate of drug-likeness (QED) is 0.408. The molecule has 2 aromatic heterocycles. The first-order chi connectivity index (χ1) is 13.9. The molecule has 0 saturated heterocycles. The second kappa shape index (κ2) is 8.96. The van der Waals surface area contributed by atoms with Crippen molar-refractivity contribution >= 4 is 23.1 Å². The summed E-state index contributed by atoms with van der Waals surface area (Å²) in [5.74, 6) is 0.0737. The maximum atomic E-state index is 12.8. The third kappa shape index (κ3) is 4.51. The van der Waals surface area contributed by atoms with Gasteiger partial charge in [0.05, 0.1) is 20.8 Å². The first-order valence-corrected chi connectivity index (χ1v) is 9.94. The van der Waals surface area contributed by atoms with Crippen molar-refractivity contribution in [3.8, 4) is 11.5 Å². The van der Waals surface area contributed by atoms with Gasteiger partial charge in [0.1, 0.15) is 17.1 Å². The van der Waals surface area contributed by atoms with Gasteiger partial charge >= 0.3 is 5.97 Å². The lowest BCUT2D eigenvalue weighted by Gasteiger charge is -2.12. The summed E-state index contributed by atoms with van der Waals surface area (Å²) in [7, 11) is 2.81. The molecule has 0 unspecified atom stereocenters. The van der Waals surface area contributed by atoms with Crippen LogP contribution in [-0.2, 0) is 11.3 Å². The fourth-order valence-electron chi connectivity index (χ4n) is 3.13. The maximum absolute atomic E-state index is 12.8. The number of thiophene rings is 1. The van der Waals surface area contributed by atoms with Crippen molar-refractivity contribution in [2.45, 2.75) is 20.4 Å². The molecule has 3 aromatic rings. The number of hydrogen-bond acceptors (Lipinski definition) is 6. The van der Waals surface area contributed by atoms with Crippen LogP contribution in [0.1, 0.15) is 37.0 Å². The molecule has 0 atom stereocenters. The van der Waals surface area contributed by atoms with Crippen molar-refractivity contribution in [1.29, 1.82) is 0 Å². The van der Waals surface area contributed by atoms with Crippen molar-refractivity contribution in [3.05, 3.63) is 69.2 Å². The summed E-state index contributed by atoms with van der Waals surface area (Å²) in [6, 6.07) is 10.7. The zero-order chi connectivity index (χ0) is 21.0. The number of aromatic nitrogens is 1. The molecular weight excluding hydrogens is 390 g/mol. The van der Waals surface area contributed by atoms with E-state index in [1.807, 2.05) is 31.4 Å². The van der Waals surface area contributed by atoms with Crippen LogP contribution in [-0.4, -0.2) is 37.1 Å². The SMILES string of the molecule is COC(=O)c1ccc(OC)cc1OCC(=O)c1cc(C)n(Cc2cccs2)c1C. The molecule has 0 amide bonds. The van der Waals surface area contributed by atoms with Gasteiger partial charge in [-0.25, -0.2) is 4.79 Å². The Morgan fingerprint density at radius 3 is 2.52 bits per heavy atom. The number of rotatable bonds is 8. The fourth-order valence-corrected chi connectivity index (χ4v) is 3.83. The highest BCUT2D eigenvalue weighted by Crippen LogP contribution is 2.26. The van der Waals surface area contributed by atoms with E-state index in [1.165, 1.54) is 19.1 Å². The van der Waals surface area contributed by atoms with Crippen molar-refractivity contribution in [2.24, 2.45) is 0 Å². The summed E-state index contributed by atoms with van der Waals surface area (Å²) in [5, 5.41) is 2.04. The lowest BCUT2D eigenvalue weighted by Crippen LogP contribution is -2.15. The number of hydrogen-bond donors (Lipinski definition) is 0. The van der Waals surface area contributed by atoms with Crippen LogP contribution in [0.4, 0.5) is 0 Å². The monoisotopic (exact) mass is 413 g/mol.